The van der Waals surface area contributed by atoms with Crippen LogP contribution < -0.4 is 15.5 Å². The third-order valence-corrected chi connectivity index (χ3v) is 5.40. The van der Waals surface area contributed by atoms with Gasteiger partial charge in [-0.15, -0.1) is 0 Å². The highest BCUT2D eigenvalue weighted by Crippen LogP contribution is 2.20. The van der Waals surface area contributed by atoms with Crippen molar-refractivity contribution in [2.75, 3.05) is 36.4 Å². The van der Waals surface area contributed by atoms with Gasteiger partial charge in [-0.25, -0.2) is 4.98 Å². The predicted octanol–water partition coefficient (Wildman–Crippen LogP) is 3.02. The number of hydrogen-bond donors (Lipinski definition) is 2. The molecule has 1 saturated heterocycles. The summed E-state index contributed by atoms with van der Waals surface area (Å²) >= 11 is 0. The molecule has 0 aliphatic carbocycles. The SMILES string of the molecule is Cc1cc(N2CCCCC2)nc(NCCNC(=O)c2cc(-c3ccccc3)nn2C)n1. The van der Waals surface area contributed by atoms with Gasteiger partial charge in [0.05, 0.1) is 5.69 Å². The summed E-state index contributed by atoms with van der Waals surface area (Å²) < 4.78 is 1.61. The van der Waals surface area contributed by atoms with Gasteiger partial charge in [-0.2, -0.15) is 10.1 Å². The molecule has 162 valence electrons. The Hall–Kier alpha value is -3.42. The van der Waals surface area contributed by atoms with Gasteiger partial charge >= 0.3 is 0 Å². The molecule has 8 nitrogen and oxygen atoms in total. The molecule has 4 rings (SSSR count). The Labute approximate surface area is 182 Å². The third-order valence-electron chi connectivity index (χ3n) is 5.40. The van der Waals surface area contributed by atoms with E-state index in [-0.39, 0.29) is 5.91 Å². The average Bonchev–Trinajstić information content (AvgIpc) is 3.19. The van der Waals surface area contributed by atoms with Gasteiger partial charge < -0.3 is 15.5 Å². The maximum absolute atomic E-state index is 12.6. The first-order valence-electron chi connectivity index (χ1n) is 10.8. The van der Waals surface area contributed by atoms with Crippen LogP contribution in [0.25, 0.3) is 11.3 Å². The third kappa shape index (κ3) is 5.20. The second kappa shape index (κ2) is 9.59. The molecular formula is C23H29N7O. The Balaban J connectivity index is 1.31. The number of rotatable bonds is 7. The average molecular weight is 420 g/mol. The molecule has 3 aromatic rings. The van der Waals surface area contributed by atoms with Crippen LogP contribution in [0.3, 0.4) is 0 Å². The van der Waals surface area contributed by atoms with Gasteiger partial charge in [0.2, 0.25) is 5.95 Å². The highest BCUT2D eigenvalue weighted by atomic mass is 16.2. The molecule has 1 aromatic carbocycles. The van der Waals surface area contributed by atoms with E-state index < -0.39 is 0 Å². The Morgan fingerprint density at radius 1 is 1.03 bits per heavy atom. The van der Waals surface area contributed by atoms with Gasteiger partial charge in [0, 0.05) is 50.6 Å². The summed E-state index contributed by atoms with van der Waals surface area (Å²) in [6, 6.07) is 13.7. The number of benzene rings is 1. The van der Waals surface area contributed by atoms with E-state index in [1.165, 1.54) is 19.3 Å². The summed E-state index contributed by atoms with van der Waals surface area (Å²) in [5, 5.41) is 10.6. The Morgan fingerprint density at radius 2 is 1.81 bits per heavy atom. The zero-order valence-electron chi connectivity index (χ0n) is 18.1. The highest BCUT2D eigenvalue weighted by Gasteiger charge is 2.15. The van der Waals surface area contributed by atoms with Crippen molar-refractivity contribution in [2.24, 2.45) is 7.05 Å². The molecule has 1 aliphatic rings. The van der Waals surface area contributed by atoms with E-state index in [0.717, 1.165) is 35.9 Å². The molecule has 0 spiro atoms. The van der Waals surface area contributed by atoms with Crippen LogP contribution in [0.15, 0.2) is 42.5 Å². The van der Waals surface area contributed by atoms with Crippen LogP contribution in [-0.2, 0) is 7.05 Å². The molecule has 0 atom stereocenters. The van der Waals surface area contributed by atoms with Crippen LogP contribution in [0.4, 0.5) is 11.8 Å². The lowest BCUT2D eigenvalue weighted by molar-refractivity contribution is 0.0945. The fourth-order valence-electron chi connectivity index (χ4n) is 3.79. The summed E-state index contributed by atoms with van der Waals surface area (Å²) in [5.74, 6) is 1.42. The fraction of sp³-hybridized carbons (Fsp3) is 0.391. The van der Waals surface area contributed by atoms with Gasteiger partial charge in [-0.05, 0) is 32.3 Å². The molecular weight excluding hydrogens is 390 g/mol. The van der Waals surface area contributed by atoms with Crippen LogP contribution in [-0.4, -0.2) is 51.8 Å². The van der Waals surface area contributed by atoms with Gasteiger partial charge in [0.15, 0.2) is 0 Å². The van der Waals surface area contributed by atoms with Crippen molar-refractivity contribution in [3.05, 3.63) is 53.9 Å². The van der Waals surface area contributed by atoms with Crippen LogP contribution in [0.5, 0.6) is 0 Å². The minimum Gasteiger partial charge on any atom is -0.356 e. The second-order valence-corrected chi connectivity index (χ2v) is 7.83. The number of hydrogen-bond acceptors (Lipinski definition) is 6. The zero-order chi connectivity index (χ0) is 21.6. The standard InChI is InChI=1S/C23H29N7O/c1-17-15-21(30-13-7-4-8-14-30)27-23(26-17)25-12-11-24-22(31)20-16-19(28-29(20)2)18-9-5-3-6-10-18/h3,5-6,9-10,15-16H,4,7-8,11-14H2,1-2H3,(H,24,31)(H,25,26,27). The lowest BCUT2D eigenvalue weighted by atomic mass is 10.1. The van der Waals surface area contributed by atoms with Crippen LogP contribution in [0, 0.1) is 6.92 Å². The minimum atomic E-state index is -0.154. The van der Waals surface area contributed by atoms with Crippen molar-refractivity contribution in [1.82, 2.24) is 25.1 Å². The first-order valence-corrected chi connectivity index (χ1v) is 10.8. The first kappa shape index (κ1) is 20.8. The largest absolute Gasteiger partial charge is 0.356 e. The number of piperidine rings is 1. The number of nitrogens with zero attached hydrogens (tertiary/aromatic N) is 5. The minimum absolute atomic E-state index is 0.154. The fourth-order valence-corrected chi connectivity index (χ4v) is 3.79. The van der Waals surface area contributed by atoms with E-state index in [1.54, 1.807) is 11.7 Å². The van der Waals surface area contributed by atoms with Gasteiger partial charge in [0.25, 0.3) is 5.91 Å². The predicted molar refractivity (Wildman–Crippen MR) is 122 cm³/mol. The molecule has 8 heteroatoms. The Morgan fingerprint density at radius 3 is 2.58 bits per heavy atom. The van der Waals surface area contributed by atoms with E-state index >= 15 is 0 Å². The lowest BCUT2D eigenvalue weighted by Gasteiger charge is -2.28. The maximum atomic E-state index is 12.6. The zero-order valence-corrected chi connectivity index (χ0v) is 18.1. The lowest BCUT2D eigenvalue weighted by Crippen LogP contribution is -2.31. The van der Waals surface area contributed by atoms with E-state index in [9.17, 15) is 4.79 Å². The number of carbonyl (C=O) groups excluding carboxylic acids is 1. The number of carbonyl (C=O) groups is 1. The first-order chi connectivity index (χ1) is 15.1. The molecule has 2 aromatic heterocycles. The number of nitrogens with one attached hydrogen (secondary N) is 2. The molecule has 3 heterocycles. The van der Waals surface area contributed by atoms with Crippen molar-refractivity contribution >= 4 is 17.7 Å². The topological polar surface area (TPSA) is 88.0 Å². The van der Waals surface area contributed by atoms with Gasteiger partial charge in [-0.3, -0.25) is 9.48 Å². The summed E-state index contributed by atoms with van der Waals surface area (Å²) in [7, 11) is 1.78. The molecule has 0 radical (unpaired) electrons. The monoisotopic (exact) mass is 419 g/mol. The van der Waals surface area contributed by atoms with Crippen molar-refractivity contribution in [3.63, 3.8) is 0 Å². The van der Waals surface area contributed by atoms with Crippen LogP contribution >= 0.6 is 0 Å². The molecule has 1 amide bonds. The van der Waals surface area contributed by atoms with Crippen LogP contribution in [0.1, 0.15) is 35.4 Å². The van der Waals surface area contributed by atoms with E-state index in [0.29, 0.717) is 24.7 Å². The van der Waals surface area contributed by atoms with E-state index in [2.05, 4.69) is 30.6 Å². The summed E-state index contributed by atoms with van der Waals surface area (Å²) in [6.07, 6.45) is 3.70. The summed E-state index contributed by atoms with van der Waals surface area (Å²) in [6.45, 7) is 5.07. The van der Waals surface area contributed by atoms with Gasteiger partial charge in [0.1, 0.15) is 11.5 Å². The van der Waals surface area contributed by atoms with Crippen molar-refractivity contribution in [3.8, 4) is 11.3 Å². The number of anilines is 2. The second-order valence-electron chi connectivity index (χ2n) is 7.83. The number of aryl methyl sites for hydroxylation is 2. The van der Waals surface area contributed by atoms with Crippen molar-refractivity contribution in [1.29, 1.82) is 0 Å². The molecule has 1 fully saturated rings. The van der Waals surface area contributed by atoms with E-state index in [1.807, 2.05) is 49.4 Å². The number of aromatic nitrogens is 4. The molecule has 31 heavy (non-hydrogen) atoms. The summed E-state index contributed by atoms with van der Waals surface area (Å²) in [5.41, 5.74) is 3.23. The van der Waals surface area contributed by atoms with Gasteiger partial charge in [-0.1, -0.05) is 30.3 Å². The molecule has 0 saturated carbocycles. The maximum Gasteiger partial charge on any atom is 0.269 e. The van der Waals surface area contributed by atoms with Crippen molar-refractivity contribution < 1.29 is 4.79 Å². The quantitative estimate of drug-likeness (QED) is 0.573. The normalized spacial score (nSPS) is 13.8. The summed E-state index contributed by atoms with van der Waals surface area (Å²) in [4.78, 5) is 24.1. The highest BCUT2D eigenvalue weighted by molar-refractivity contribution is 5.93. The Kier molecular flexibility index (Phi) is 6.45. The Bertz CT molecular complexity index is 1030. The smallest absolute Gasteiger partial charge is 0.269 e. The molecule has 1 aliphatic heterocycles. The molecule has 2 N–H and O–H groups in total. The van der Waals surface area contributed by atoms with Crippen molar-refractivity contribution in [2.45, 2.75) is 26.2 Å². The molecule has 0 unspecified atom stereocenters. The molecule has 0 bridgehead atoms. The van der Waals surface area contributed by atoms with Crippen LogP contribution in [0.2, 0.25) is 0 Å². The number of amides is 1. The van der Waals surface area contributed by atoms with E-state index in [4.69, 9.17) is 0 Å².